The van der Waals surface area contributed by atoms with E-state index in [0.717, 1.165) is 19.6 Å². The number of aliphatic hydroxyl groups excluding tert-OH is 1. The van der Waals surface area contributed by atoms with Gasteiger partial charge in [-0.2, -0.15) is 0 Å². The molecule has 94 valence electrons. The van der Waals surface area contributed by atoms with Crippen LogP contribution in [0.1, 0.15) is 27.7 Å². The molecule has 0 rings (SSSR count). The third-order valence-electron chi connectivity index (χ3n) is 3.41. The molecule has 4 nitrogen and oxygen atoms in total. The van der Waals surface area contributed by atoms with Crippen LogP contribution in [0.3, 0.4) is 0 Å². The van der Waals surface area contributed by atoms with Crippen molar-refractivity contribution >= 4 is 5.91 Å². The van der Waals surface area contributed by atoms with E-state index in [1.807, 2.05) is 0 Å². The summed E-state index contributed by atoms with van der Waals surface area (Å²) < 4.78 is 0.678. The van der Waals surface area contributed by atoms with Gasteiger partial charge in [-0.25, -0.2) is 0 Å². The molecule has 0 aromatic heterocycles. The van der Waals surface area contributed by atoms with Crippen LogP contribution in [0.15, 0.2) is 12.7 Å². The standard InChI is InChI=1S/C12H24N2O2/c1-6-11(16)13-12(10(5)15)14(7-2,8-3)9-4/h6,10,12,15H,1,7-9H2,2-5H3/p+1. The minimum atomic E-state index is -0.580. The van der Waals surface area contributed by atoms with Gasteiger partial charge in [-0.05, 0) is 33.8 Å². The van der Waals surface area contributed by atoms with Crippen molar-refractivity contribution in [3.63, 3.8) is 0 Å². The number of aliphatic hydroxyl groups is 1. The quantitative estimate of drug-likeness (QED) is 0.387. The Hall–Kier alpha value is -0.870. The molecule has 0 saturated carbocycles. The minimum Gasteiger partial charge on any atom is -0.385 e. The van der Waals surface area contributed by atoms with E-state index >= 15 is 0 Å². The van der Waals surface area contributed by atoms with Gasteiger partial charge in [0, 0.05) is 0 Å². The second-order valence-corrected chi connectivity index (χ2v) is 4.07. The minimum absolute atomic E-state index is 0.233. The molecule has 0 bridgehead atoms. The molecule has 2 unspecified atom stereocenters. The number of rotatable bonds is 7. The molecule has 0 fully saturated rings. The molecule has 0 heterocycles. The lowest BCUT2D eigenvalue weighted by Crippen LogP contribution is -2.65. The number of carbonyl (C=O) groups excluding carboxylic acids is 1. The molecular formula is C12H25N2O2+. The third kappa shape index (κ3) is 3.32. The van der Waals surface area contributed by atoms with Gasteiger partial charge in [0.05, 0.1) is 19.6 Å². The van der Waals surface area contributed by atoms with Crippen molar-refractivity contribution < 1.29 is 14.4 Å². The van der Waals surface area contributed by atoms with Gasteiger partial charge in [0.25, 0.3) is 0 Å². The van der Waals surface area contributed by atoms with Crippen molar-refractivity contribution in [1.82, 2.24) is 5.32 Å². The number of nitrogens with one attached hydrogen (secondary N) is 1. The number of carbonyl (C=O) groups is 1. The maximum absolute atomic E-state index is 11.4. The average Bonchev–Trinajstić information content (AvgIpc) is 2.29. The van der Waals surface area contributed by atoms with Gasteiger partial charge in [0.2, 0.25) is 5.91 Å². The van der Waals surface area contributed by atoms with Crippen LogP contribution in [0, 0.1) is 0 Å². The van der Waals surface area contributed by atoms with Crippen molar-refractivity contribution in [2.45, 2.75) is 40.0 Å². The molecule has 0 aliphatic rings. The Labute approximate surface area is 98.5 Å². The fourth-order valence-electron chi connectivity index (χ4n) is 2.18. The number of likely N-dealkylation sites (N-methyl/N-ethyl adjacent to an activating group) is 1. The maximum Gasteiger partial charge on any atom is 0.247 e. The highest BCUT2D eigenvalue weighted by Crippen LogP contribution is 2.14. The number of hydrogen-bond donors (Lipinski definition) is 2. The summed E-state index contributed by atoms with van der Waals surface area (Å²) in [5.74, 6) is -0.233. The summed E-state index contributed by atoms with van der Waals surface area (Å²) in [6.07, 6.45) is 0.389. The predicted molar refractivity (Wildman–Crippen MR) is 65.7 cm³/mol. The Kier molecular flexibility index (Phi) is 6.29. The summed E-state index contributed by atoms with van der Waals surface area (Å²) >= 11 is 0. The van der Waals surface area contributed by atoms with Gasteiger partial charge in [0.15, 0.2) is 6.17 Å². The number of hydrogen-bond acceptors (Lipinski definition) is 2. The second kappa shape index (κ2) is 6.66. The molecule has 1 amide bonds. The van der Waals surface area contributed by atoms with Crippen LogP contribution < -0.4 is 5.32 Å². The van der Waals surface area contributed by atoms with Gasteiger partial charge in [-0.3, -0.25) is 4.79 Å². The van der Waals surface area contributed by atoms with Crippen LogP contribution in [0.5, 0.6) is 0 Å². The van der Waals surface area contributed by atoms with Crippen molar-refractivity contribution in [2.24, 2.45) is 0 Å². The van der Waals surface area contributed by atoms with Gasteiger partial charge < -0.3 is 14.9 Å². The average molecular weight is 229 g/mol. The highest BCUT2D eigenvalue weighted by Gasteiger charge is 2.36. The van der Waals surface area contributed by atoms with Crippen LogP contribution in [0.25, 0.3) is 0 Å². The third-order valence-corrected chi connectivity index (χ3v) is 3.41. The van der Waals surface area contributed by atoms with Gasteiger partial charge in [-0.15, -0.1) is 0 Å². The molecule has 2 atom stereocenters. The number of quaternary nitrogens is 1. The Bertz CT molecular complexity index is 227. The van der Waals surface area contributed by atoms with Gasteiger partial charge in [-0.1, -0.05) is 6.58 Å². The predicted octanol–water partition coefficient (Wildman–Crippen LogP) is 0.872. The van der Waals surface area contributed by atoms with Gasteiger partial charge >= 0.3 is 0 Å². The first-order chi connectivity index (χ1) is 7.47. The lowest BCUT2D eigenvalue weighted by Gasteiger charge is -2.44. The molecule has 16 heavy (non-hydrogen) atoms. The topological polar surface area (TPSA) is 49.3 Å². The molecule has 0 aromatic carbocycles. The first-order valence-electron chi connectivity index (χ1n) is 5.94. The van der Waals surface area contributed by atoms with E-state index in [1.165, 1.54) is 6.08 Å². The molecule has 0 aliphatic heterocycles. The van der Waals surface area contributed by atoms with Crippen molar-refractivity contribution in [3.8, 4) is 0 Å². The lowest BCUT2D eigenvalue weighted by molar-refractivity contribution is -0.951. The molecule has 0 spiro atoms. The summed E-state index contributed by atoms with van der Waals surface area (Å²) in [6.45, 7) is 14.0. The molecule has 0 aliphatic carbocycles. The van der Waals surface area contributed by atoms with E-state index in [2.05, 4.69) is 32.7 Å². The smallest absolute Gasteiger partial charge is 0.247 e. The summed E-state index contributed by atoms with van der Waals surface area (Å²) in [5.41, 5.74) is 0. The molecule has 2 N–H and O–H groups in total. The molecule has 4 heteroatoms. The zero-order chi connectivity index (χ0) is 12.8. The fourth-order valence-corrected chi connectivity index (χ4v) is 2.18. The number of amides is 1. The molecule has 0 aromatic rings. The summed E-state index contributed by atoms with van der Waals surface area (Å²) in [5, 5.41) is 12.6. The molecular weight excluding hydrogens is 204 g/mol. The van der Waals surface area contributed by atoms with E-state index in [0.29, 0.717) is 4.48 Å². The Morgan fingerprint density at radius 3 is 2.06 bits per heavy atom. The Balaban J connectivity index is 4.99. The second-order valence-electron chi connectivity index (χ2n) is 4.07. The molecule has 0 radical (unpaired) electrons. The van der Waals surface area contributed by atoms with Crippen LogP contribution in [-0.4, -0.2) is 47.4 Å². The van der Waals surface area contributed by atoms with Crippen molar-refractivity contribution in [3.05, 3.63) is 12.7 Å². The summed E-state index contributed by atoms with van der Waals surface area (Å²) in [4.78, 5) is 11.4. The Morgan fingerprint density at radius 2 is 1.81 bits per heavy atom. The maximum atomic E-state index is 11.4. The van der Waals surface area contributed by atoms with E-state index in [1.54, 1.807) is 6.92 Å². The fraction of sp³-hybridized carbons (Fsp3) is 0.750. The molecule has 0 saturated heterocycles. The van der Waals surface area contributed by atoms with Crippen molar-refractivity contribution in [1.29, 1.82) is 0 Å². The van der Waals surface area contributed by atoms with E-state index in [9.17, 15) is 9.90 Å². The number of nitrogens with zero attached hydrogens (tertiary/aromatic N) is 1. The van der Waals surface area contributed by atoms with Crippen LogP contribution >= 0.6 is 0 Å². The van der Waals surface area contributed by atoms with Gasteiger partial charge in [0.1, 0.15) is 6.10 Å². The first kappa shape index (κ1) is 15.1. The summed E-state index contributed by atoms with van der Waals surface area (Å²) in [6, 6.07) is 0. The lowest BCUT2D eigenvalue weighted by atomic mass is 10.2. The van der Waals surface area contributed by atoms with E-state index in [-0.39, 0.29) is 12.1 Å². The summed E-state index contributed by atoms with van der Waals surface area (Å²) in [7, 11) is 0. The highest BCUT2D eigenvalue weighted by molar-refractivity contribution is 5.86. The largest absolute Gasteiger partial charge is 0.385 e. The van der Waals surface area contributed by atoms with E-state index in [4.69, 9.17) is 0 Å². The zero-order valence-electron chi connectivity index (χ0n) is 10.9. The van der Waals surface area contributed by atoms with Crippen molar-refractivity contribution in [2.75, 3.05) is 19.6 Å². The normalized spacial score (nSPS) is 15.3. The van der Waals surface area contributed by atoms with Crippen LogP contribution in [0.2, 0.25) is 0 Å². The van der Waals surface area contributed by atoms with Crippen LogP contribution in [0.4, 0.5) is 0 Å². The van der Waals surface area contributed by atoms with Crippen LogP contribution in [-0.2, 0) is 4.79 Å². The zero-order valence-corrected chi connectivity index (χ0v) is 10.9. The SMILES string of the molecule is C=CC(=O)NC(C(C)O)[N+](CC)(CC)CC. The van der Waals surface area contributed by atoms with E-state index < -0.39 is 6.10 Å². The monoisotopic (exact) mass is 229 g/mol. The first-order valence-corrected chi connectivity index (χ1v) is 5.94. The Morgan fingerprint density at radius 1 is 1.38 bits per heavy atom. The highest BCUT2D eigenvalue weighted by atomic mass is 16.3.